The van der Waals surface area contributed by atoms with E-state index < -0.39 is 53.1 Å². The number of hydroxylamine groups is 2. The van der Waals surface area contributed by atoms with Gasteiger partial charge in [-0.2, -0.15) is 31.4 Å². The van der Waals surface area contributed by atoms with Crippen LogP contribution in [0.15, 0.2) is 72.8 Å². The minimum absolute atomic E-state index is 0.0352. The van der Waals surface area contributed by atoms with Gasteiger partial charge in [0.25, 0.3) is 0 Å². The molecule has 0 aromatic heterocycles. The highest BCUT2D eigenvalue weighted by atomic mass is 19.4. The lowest BCUT2D eigenvalue weighted by Crippen LogP contribution is -2.58. The Labute approximate surface area is 235 Å². The van der Waals surface area contributed by atoms with Crippen LogP contribution >= 0.6 is 0 Å². The molecule has 1 fully saturated rings. The number of alkyl halides is 6. The van der Waals surface area contributed by atoms with Crippen molar-refractivity contribution in [2.75, 3.05) is 16.8 Å². The van der Waals surface area contributed by atoms with Crippen LogP contribution in [0.5, 0.6) is 0 Å². The van der Waals surface area contributed by atoms with E-state index in [1.807, 2.05) is 0 Å². The van der Waals surface area contributed by atoms with Crippen molar-refractivity contribution in [2.24, 2.45) is 0 Å². The summed E-state index contributed by atoms with van der Waals surface area (Å²) in [6.45, 7) is 2.90. The molecule has 1 unspecified atom stereocenters. The molecule has 1 atom stereocenters. The van der Waals surface area contributed by atoms with Gasteiger partial charge >= 0.3 is 24.4 Å². The summed E-state index contributed by atoms with van der Waals surface area (Å²) in [6, 6.07) is 10.6. The maximum Gasteiger partial charge on any atom is 0.416 e. The van der Waals surface area contributed by atoms with Gasteiger partial charge in [0.05, 0.1) is 16.7 Å². The fourth-order valence-corrected chi connectivity index (χ4v) is 4.77. The molecule has 42 heavy (non-hydrogen) atoms. The zero-order valence-corrected chi connectivity index (χ0v) is 22.2. The number of carbonyl (C=O) groups excluding carboxylic acids is 2. The molecular weight excluding hydrogens is 573 g/mol. The summed E-state index contributed by atoms with van der Waals surface area (Å²) in [5.41, 5.74) is -3.59. The molecule has 1 aliphatic rings. The first kappa shape index (κ1) is 30.6. The molecule has 2 N–H and O–H groups in total. The maximum atomic E-state index is 13.7. The van der Waals surface area contributed by atoms with E-state index in [9.17, 15) is 45.5 Å². The van der Waals surface area contributed by atoms with Gasteiger partial charge in [-0.1, -0.05) is 24.3 Å². The minimum atomic E-state index is -4.77. The fraction of sp³-hybridized carbons (Fsp3) is 0.286. The number of rotatable bonds is 6. The molecular formula is C28H25F7N4O3. The first-order valence-electron chi connectivity index (χ1n) is 12.5. The zero-order valence-electron chi connectivity index (χ0n) is 22.2. The van der Waals surface area contributed by atoms with Crippen molar-refractivity contribution >= 4 is 23.4 Å². The van der Waals surface area contributed by atoms with Gasteiger partial charge < -0.3 is 10.2 Å². The van der Waals surface area contributed by atoms with E-state index in [1.54, 1.807) is 0 Å². The summed E-state index contributed by atoms with van der Waals surface area (Å²) < 4.78 is 93.3. The molecule has 1 saturated heterocycles. The molecule has 224 valence electrons. The number of anilines is 2. The van der Waals surface area contributed by atoms with Crippen LogP contribution in [0.1, 0.15) is 30.5 Å². The number of hydrogen-bond acceptors (Lipinski definition) is 3. The number of amides is 4. The summed E-state index contributed by atoms with van der Waals surface area (Å²) in [4.78, 5) is 28.9. The van der Waals surface area contributed by atoms with E-state index in [0.717, 1.165) is 35.2 Å². The van der Waals surface area contributed by atoms with E-state index in [4.69, 9.17) is 0 Å². The maximum absolute atomic E-state index is 13.7. The first-order chi connectivity index (χ1) is 19.5. The predicted octanol–water partition coefficient (Wildman–Crippen LogP) is 7.38. The van der Waals surface area contributed by atoms with Crippen LogP contribution in [0, 0.1) is 5.82 Å². The molecule has 1 heterocycles. The number of benzene rings is 3. The Hall–Kier alpha value is -4.33. The molecule has 7 nitrogen and oxygen atoms in total. The third-order valence-corrected chi connectivity index (χ3v) is 6.88. The Morgan fingerprint density at radius 2 is 1.50 bits per heavy atom. The lowest BCUT2D eigenvalue weighted by molar-refractivity contribution is -0.138. The summed E-state index contributed by atoms with van der Waals surface area (Å²) in [5.74, 6) is -0.477. The predicted molar refractivity (Wildman–Crippen MR) is 138 cm³/mol. The smallest absolute Gasteiger partial charge is 0.315 e. The molecule has 0 radical (unpaired) electrons. The van der Waals surface area contributed by atoms with Crippen LogP contribution in [-0.4, -0.2) is 45.5 Å². The van der Waals surface area contributed by atoms with Gasteiger partial charge in [-0.05, 0) is 74.4 Å². The van der Waals surface area contributed by atoms with Gasteiger partial charge in [-0.15, -0.1) is 0 Å². The molecule has 3 aromatic carbocycles. The van der Waals surface area contributed by atoms with Gasteiger partial charge in [0.1, 0.15) is 5.82 Å². The number of halogens is 7. The second kappa shape index (κ2) is 11.2. The molecule has 0 spiro atoms. The number of nitrogens with zero attached hydrogens (tertiary/aromatic N) is 3. The zero-order chi connectivity index (χ0) is 31.0. The molecule has 3 aromatic rings. The van der Waals surface area contributed by atoms with E-state index in [0.29, 0.717) is 17.7 Å². The van der Waals surface area contributed by atoms with Gasteiger partial charge in [-0.3, -0.25) is 10.1 Å². The van der Waals surface area contributed by atoms with Crippen molar-refractivity contribution in [1.29, 1.82) is 0 Å². The van der Waals surface area contributed by atoms with Crippen LogP contribution in [0.3, 0.4) is 0 Å². The Morgan fingerprint density at radius 1 is 0.929 bits per heavy atom. The van der Waals surface area contributed by atoms with Crippen molar-refractivity contribution < 1.29 is 45.5 Å². The standard InChI is InChI=1S/C28H25F7N4O3/c1-26(2)23(39(42)24(40)36-21-7-3-5-18(15-21)27(30,31)32)38(22-8-4-6-19(16-22)28(33,34)35)25(41)37(26)14-13-17-9-11-20(29)12-10-17/h3-12,15-16,23,42H,13-14H2,1-2H3,(H,36,40). The number of hydrogen-bond donors (Lipinski definition) is 2. The lowest BCUT2D eigenvalue weighted by atomic mass is 9.99. The van der Waals surface area contributed by atoms with Gasteiger partial charge in [-0.25, -0.2) is 14.0 Å². The molecule has 4 rings (SSSR count). The highest BCUT2D eigenvalue weighted by Gasteiger charge is 2.56. The largest absolute Gasteiger partial charge is 0.416 e. The Balaban J connectivity index is 1.70. The third-order valence-electron chi connectivity index (χ3n) is 6.88. The van der Waals surface area contributed by atoms with Crippen molar-refractivity contribution in [1.82, 2.24) is 9.96 Å². The Kier molecular flexibility index (Phi) is 8.13. The van der Waals surface area contributed by atoms with Crippen LogP contribution in [0.4, 0.5) is 51.7 Å². The van der Waals surface area contributed by atoms with Crippen molar-refractivity contribution in [3.63, 3.8) is 0 Å². The van der Waals surface area contributed by atoms with Gasteiger partial charge in [0, 0.05) is 17.9 Å². The monoisotopic (exact) mass is 598 g/mol. The average Bonchev–Trinajstić information content (AvgIpc) is 3.11. The average molecular weight is 599 g/mol. The molecule has 4 amide bonds. The lowest BCUT2D eigenvalue weighted by Gasteiger charge is -2.38. The summed E-state index contributed by atoms with van der Waals surface area (Å²) in [6.07, 6.45) is -10.9. The SMILES string of the molecule is CC1(C)C(N(O)C(=O)Nc2cccc(C(F)(F)F)c2)N(c2cccc(C(F)(F)F)c2)C(=O)N1CCc1ccc(F)cc1. The van der Waals surface area contributed by atoms with E-state index in [2.05, 4.69) is 5.32 Å². The number of nitrogens with one attached hydrogen (secondary N) is 1. The minimum Gasteiger partial charge on any atom is -0.315 e. The topological polar surface area (TPSA) is 76.1 Å². The summed E-state index contributed by atoms with van der Waals surface area (Å²) in [7, 11) is 0. The molecule has 1 aliphatic heterocycles. The van der Waals surface area contributed by atoms with Crippen LogP contribution in [0.2, 0.25) is 0 Å². The van der Waals surface area contributed by atoms with Crippen LogP contribution in [-0.2, 0) is 18.8 Å². The summed E-state index contributed by atoms with van der Waals surface area (Å²) >= 11 is 0. The second-order valence-electron chi connectivity index (χ2n) is 10.1. The van der Waals surface area contributed by atoms with Crippen molar-refractivity contribution in [3.8, 4) is 0 Å². The van der Waals surface area contributed by atoms with E-state index in [-0.39, 0.29) is 29.4 Å². The van der Waals surface area contributed by atoms with Crippen LogP contribution < -0.4 is 10.2 Å². The second-order valence-corrected chi connectivity index (χ2v) is 10.1. The Morgan fingerprint density at radius 3 is 2.10 bits per heavy atom. The molecule has 0 bridgehead atoms. The number of carbonyl (C=O) groups is 2. The molecule has 0 saturated carbocycles. The van der Waals surface area contributed by atoms with E-state index in [1.165, 1.54) is 49.1 Å². The van der Waals surface area contributed by atoms with Crippen LogP contribution in [0.25, 0.3) is 0 Å². The highest BCUT2D eigenvalue weighted by molar-refractivity contribution is 5.98. The van der Waals surface area contributed by atoms with E-state index >= 15 is 0 Å². The van der Waals surface area contributed by atoms with Gasteiger partial charge in [0.15, 0.2) is 6.17 Å². The van der Waals surface area contributed by atoms with Crippen molar-refractivity contribution in [3.05, 3.63) is 95.3 Å². The van der Waals surface area contributed by atoms with Gasteiger partial charge in [0.2, 0.25) is 0 Å². The Bertz CT molecular complexity index is 1460. The first-order valence-corrected chi connectivity index (χ1v) is 12.5. The normalized spacial score (nSPS) is 17.0. The fourth-order valence-electron chi connectivity index (χ4n) is 4.77. The number of urea groups is 2. The highest BCUT2D eigenvalue weighted by Crippen LogP contribution is 2.40. The third kappa shape index (κ3) is 6.27. The molecule has 14 heteroatoms. The summed E-state index contributed by atoms with van der Waals surface area (Å²) in [5, 5.41) is 13.3. The quantitative estimate of drug-likeness (QED) is 0.177. The molecule has 0 aliphatic carbocycles. The van der Waals surface area contributed by atoms with Crippen molar-refractivity contribution in [2.45, 2.75) is 44.3 Å².